The number of morpholine rings is 1. The molecule has 0 aliphatic carbocycles. The normalized spacial score (nSPS) is 16.3. The summed E-state index contributed by atoms with van der Waals surface area (Å²) in [6.45, 7) is 10.5. The number of para-hydroxylation sites is 1. The summed E-state index contributed by atoms with van der Waals surface area (Å²) < 4.78 is 7.32. The van der Waals surface area contributed by atoms with E-state index in [2.05, 4.69) is 29.2 Å². The second-order valence-corrected chi connectivity index (χ2v) is 7.42. The number of benzene rings is 1. The molecule has 1 aliphatic heterocycles. The Balaban J connectivity index is 1.69. The van der Waals surface area contributed by atoms with E-state index in [1.165, 1.54) is 0 Å². The van der Waals surface area contributed by atoms with Crippen molar-refractivity contribution in [3.63, 3.8) is 0 Å². The highest BCUT2D eigenvalue weighted by atomic mass is 16.5. The van der Waals surface area contributed by atoms with Gasteiger partial charge in [0.05, 0.1) is 18.9 Å². The van der Waals surface area contributed by atoms with E-state index in [0.29, 0.717) is 24.2 Å². The van der Waals surface area contributed by atoms with Gasteiger partial charge in [-0.15, -0.1) is 0 Å². The van der Waals surface area contributed by atoms with Crippen molar-refractivity contribution in [3.8, 4) is 5.69 Å². The molecule has 0 bridgehead atoms. The number of carbonyl (C=O) groups excluding carboxylic acids is 1. The van der Waals surface area contributed by atoms with E-state index < -0.39 is 0 Å². The Morgan fingerprint density at radius 2 is 1.86 bits per heavy atom. The lowest BCUT2D eigenvalue weighted by atomic mass is 9.92. The topological polar surface area (TPSA) is 59.4 Å². The third kappa shape index (κ3) is 4.80. The van der Waals surface area contributed by atoms with Crippen molar-refractivity contribution in [3.05, 3.63) is 47.8 Å². The highest BCUT2D eigenvalue weighted by Crippen LogP contribution is 2.20. The number of ether oxygens (including phenoxy) is 1. The average Bonchev–Trinajstić information content (AvgIpc) is 3.14. The number of carbonyl (C=O) groups is 1. The van der Waals surface area contributed by atoms with Gasteiger partial charge in [0, 0.05) is 31.4 Å². The minimum atomic E-state index is -0.109. The average molecular weight is 385 g/mol. The van der Waals surface area contributed by atoms with E-state index in [0.717, 1.165) is 50.5 Å². The van der Waals surface area contributed by atoms with Crippen molar-refractivity contribution in [1.29, 1.82) is 0 Å². The fraction of sp³-hybridized carbons (Fsp3) is 0.545. The molecule has 2 heterocycles. The minimum Gasteiger partial charge on any atom is -0.379 e. The van der Waals surface area contributed by atoms with Crippen LogP contribution in [0.5, 0.6) is 0 Å². The number of aryl methyl sites for hydroxylation is 1. The van der Waals surface area contributed by atoms with E-state index in [9.17, 15) is 4.79 Å². The van der Waals surface area contributed by atoms with Crippen molar-refractivity contribution in [2.24, 2.45) is 5.92 Å². The highest BCUT2D eigenvalue weighted by Gasteiger charge is 2.27. The van der Waals surface area contributed by atoms with Gasteiger partial charge in [-0.25, -0.2) is 4.68 Å². The molecule has 0 radical (unpaired) electrons. The second kappa shape index (κ2) is 9.85. The van der Waals surface area contributed by atoms with Crippen LogP contribution in [0.3, 0.4) is 0 Å². The van der Waals surface area contributed by atoms with Crippen LogP contribution in [0.1, 0.15) is 42.9 Å². The molecule has 6 heteroatoms. The number of nitrogens with zero attached hydrogens (tertiary/aromatic N) is 3. The van der Waals surface area contributed by atoms with Crippen molar-refractivity contribution in [1.82, 2.24) is 20.0 Å². The Hall–Kier alpha value is -2.18. The zero-order chi connectivity index (χ0) is 19.9. The molecule has 3 rings (SSSR count). The van der Waals surface area contributed by atoms with E-state index in [4.69, 9.17) is 4.74 Å². The molecule has 28 heavy (non-hydrogen) atoms. The van der Waals surface area contributed by atoms with Gasteiger partial charge in [0.15, 0.2) is 5.69 Å². The summed E-state index contributed by atoms with van der Waals surface area (Å²) >= 11 is 0. The predicted octanol–water partition coefficient (Wildman–Crippen LogP) is 3.05. The van der Waals surface area contributed by atoms with Gasteiger partial charge in [-0.2, -0.15) is 5.10 Å². The third-order valence-electron chi connectivity index (χ3n) is 5.70. The van der Waals surface area contributed by atoms with Crippen LogP contribution in [0, 0.1) is 12.8 Å². The predicted molar refractivity (Wildman–Crippen MR) is 111 cm³/mol. The smallest absolute Gasteiger partial charge is 0.271 e. The molecular formula is C22H32N4O2. The highest BCUT2D eigenvalue weighted by molar-refractivity contribution is 5.92. The van der Waals surface area contributed by atoms with Crippen molar-refractivity contribution in [2.75, 3.05) is 32.8 Å². The van der Waals surface area contributed by atoms with Gasteiger partial charge in [0.25, 0.3) is 5.91 Å². The Labute approximate surface area is 167 Å². The SMILES string of the molecule is CCC(CC)C(CNC(=O)c1cc(C)n(-c2ccccc2)n1)N1CCOCC1. The van der Waals surface area contributed by atoms with E-state index in [1.54, 1.807) is 0 Å². The molecule has 1 unspecified atom stereocenters. The van der Waals surface area contributed by atoms with Crippen LogP contribution in [0.25, 0.3) is 5.69 Å². The summed E-state index contributed by atoms with van der Waals surface area (Å²) in [6.07, 6.45) is 2.21. The van der Waals surface area contributed by atoms with Gasteiger partial charge >= 0.3 is 0 Å². The molecule has 1 amide bonds. The molecular weight excluding hydrogens is 352 g/mol. The molecule has 1 aromatic carbocycles. The molecule has 1 aromatic heterocycles. The number of rotatable bonds is 8. The molecule has 0 saturated carbocycles. The lowest BCUT2D eigenvalue weighted by molar-refractivity contribution is 0.00190. The summed E-state index contributed by atoms with van der Waals surface area (Å²) in [7, 11) is 0. The van der Waals surface area contributed by atoms with Gasteiger partial charge in [0.2, 0.25) is 0 Å². The van der Waals surface area contributed by atoms with Crippen LogP contribution in [-0.4, -0.2) is 59.5 Å². The Bertz CT molecular complexity index is 749. The quantitative estimate of drug-likeness (QED) is 0.760. The molecule has 6 nitrogen and oxygen atoms in total. The lowest BCUT2D eigenvalue weighted by Gasteiger charge is -2.38. The number of aromatic nitrogens is 2. The van der Waals surface area contributed by atoms with Crippen molar-refractivity contribution >= 4 is 5.91 Å². The first-order chi connectivity index (χ1) is 13.6. The van der Waals surface area contributed by atoms with Gasteiger partial charge in [-0.3, -0.25) is 9.69 Å². The first kappa shape index (κ1) is 20.6. The first-order valence-corrected chi connectivity index (χ1v) is 10.4. The van der Waals surface area contributed by atoms with Crippen LogP contribution >= 0.6 is 0 Å². The summed E-state index contributed by atoms with van der Waals surface area (Å²) in [4.78, 5) is 15.3. The summed E-state index contributed by atoms with van der Waals surface area (Å²) in [5, 5.41) is 7.67. The zero-order valence-electron chi connectivity index (χ0n) is 17.2. The second-order valence-electron chi connectivity index (χ2n) is 7.42. The molecule has 1 fully saturated rings. The number of hydrogen-bond acceptors (Lipinski definition) is 4. The van der Waals surface area contributed by atoms with Crippen molar-refractivity contribution < 1.29 is 9.53 Å². The number of nitrogens with one attached hydrogen (secondary N) is 1. The van der Waals surface area contributed by atoms with Gasteiger partial charge in [0.1, 0.15) is 0 Å². The molecule has 1 aliphatic rings. The minimum absolute atomic E-state index is 0.109. The Morgan fingerprint density at radius 1 is 1.18 bits per heavy atom. The Kier molecular flexibility index (Phi) is 7.23. The molecule has 152 valence electrons. The Morgan fingerprint density at radius 3 is 2.50 bits per heavy atom. The van der Waals surface area contributed by atoms with E-state index in [-0.39, 0.29) is 5.91 Å². The maximum Gasteiger partial charge on any atom is 0.271 e. The largest absolute Gasteiger partial charge is 0.379 e. The maximum atomic E-state index is 12.8. The summed E-state index contributed by atoms with van der Waals surface area (Å²) in [6, 6.07) is 12.1. The fourth-order valence-electron chi connectivity index (χ4n) is 4.04. The summed E-state index contributed by atoms with van der Waals surface area (Å²) in [5.74, 6) is 0.448. The maximum absolute atomic E-state index is 12.8. The van der Waals surface area contributed by atoms with E-state index in [1.807, 2.05) is 48.0 Å². The van der Waals surface area contributed by atoms with Crippen LogP contribution < -0.4 is 5.32 Å². The van der Waals surface area contributed by atoms with Crippen LogP contribution in [0.2, 0.25) is 0 Å². The van der Waals surface area contributed by atoms with Crippen LogP contribution in [0.15, 0.2) is 36.4 Å². The van der Waals surface area contributed by atoms with Gasteiger partial charge in [-0.05, 0) is 31.0 Å². The van der Waals surface area contributed by atoms with Crippen molar-refractivity contribution in [2.45, 2.75) is 39.7 Å². The third-order valence-corrected chi connectivity index (χ3v) is 5.70. The monoisotopic (exact) mass is 384 g/mol. The fourth-order valence-corrected chi connectivity index (χ4v) is 4.04. The molecule has 0 spiro atoms. The molecule has 2 aromatic rings. The zero-order valence-corrected chi connectivity index (χ0v) is 17.2. The number of amides is 1. The summed E-state index contributed by atoms with van der Waals surface area (Å²) in [5.41, 5.74) is 2.37. The van der Waals surface area contributed by atoms with E-state index >= 15 is 0 Å². The standard InChI is InChI=1S/C22H32N4O2/c1-4-18(5-2)21(25-11-13-28-14-12-25)16-23-22(27)20-15-17(3)26(24-20)19-9-7-6-8-10-19/h6-10,15,18,21H,4-5,11-14,16H2,1-3H3,(H,23,27). The molecule has 1 saturated heterocycles. The lowest BCUT2D eigenvalue weighted by Crippen LogP contribution is -2.52. The molecule has 1 atom stereocenters. The van der Waals surface area contributed by atoms with Gasteiger partial charge in [-0.1, -0.05) is 44.9 Å². The first-order valence-electron chi connectivity index (χ1n) is 10.4. The molecule has 1 N–H and O–H groups in total. The van der Waals surface area contributed by atoms with Crippen LogP contribution in [0.4, 0.5) is 0 Å². The van der Waals surface area contributed by atoms with Gasteiger partial charge < -0.3 is 10.1 Å². The number of hydrogen-bond donors (Lipinski definition) is 1. The van der Waals surface area contributed by atoms with Crippen LogP contribution in [-0.2, 0) is 4.74 Å².